The van der Waals surface area contributed by atoms with Crippen molar-refractivity contribution in [1.29, 1.82) is 5.05 Å². The molecule has 2 saturated heterocycles. The summed E-state index contributed by atoms with van der Waals surface area (Å²) in [4.78, 5) is 24.9. The molecule has 20 rings (SSSR count). The van der Waals surface area contributed by atoms with Crippen molar-refractivity contribution in [2.45, 2.75) is 254 Å². The van der Waals surface area contributed by atoms with Crippen LogP contribution >= 0.6 is 0 Å². The van der Waals surface area contributed by atoms with E-state index in [-0.39, 0.29) is 71.6 Å². The minimum Gasteiger partial charge on any atom is -0.497 e. The number of nitrogens with one attached hydrogen (secondary N) is 1. The first kappa shape index (κ1) is 109. The number of benzene rings is 6. The van der Waals surface area contributed by atoms with Crippen LogP contribution in [0, 0.1) is 172 Å². The molecule has 8 fully saturated rings. The van der Waals surface area contributed by atoms with Gasteiger partial charge < -0.3 is 33.5 Å². The van der Waals surface area contributed by atoms with Gasteiger partial charge in [-0.3, -0.25) is 9.59 Å². The molecule has 1 N–H and O–H groups in total. The van der Waals surface area contributed by atoms with E-state index in [9.17, 15) is 9.59 Å². The molecule has 0 aromatic heterocycles. The van der Waals surface area contributed by atoms with Gasteiger partial charge >= 0.3 is 0 Å². The Balaban J connectivity index is 0.000000167. The maximum Gasteiger partial charge on any atom is 0.185 e. The number of hydrogen-bond donors (Lipinski definition) is 1. The van der Waals surface area contributed by atoms with Gasteiger partial charge in [0.15, 0.2) is 11.6 Å². The third-order valence-corrected chi connectivity index (χ3v) is 41.5. The molecule has 9 nitrogen and oxygen atoms in total. The number of carbonyl (C=O) groups is 2. The number of ether oxygens (including phenoxy) is 6. The van der Waals surface area contributed by atoms with E-state index >= 15 is 0 Å². The number of carbonyl (C=O) groups excluding carboxylic acids is 2. The molecule has 14 heteroatoms. The summed E-state index contributed by atoms with van der Waals surface area (Å²) in [5.74, 6) is 24.6. The molecule has 6 aromatic carbocycles. The molecular weight excluding hydrogens is 1720 g/mol. The predicted octanol–water partition coefficient (Wildman–Crippen LogP) is 29.5. The Morgan fingerprint density at radius 3 is 1.23 bits per heavy atom. The molecule has 20 atom stereocenters. The van der Waals surface area contributed by atoms with Gasteiger partial charge in [-0.05, 0) is 370 Å². The monoisotopic (exact) mass is 1880 g/mol. The van der Waals surface area contributed by atoms with Crippen molar-refractivity contribution in [3.05, 3.63) is 258 Å². The Bertz CT molecular complexity index is 4960. The van der Waals surface area contributed by atoms with Crippen LogP contribution in [0.4, 0.5) is 0 Å². The summed E-state index contributed by atoms with van der Waals surface area (Å²) in [7, 11) is 3.22. The maximum atomic E-state index is 12.5. The molecule has 20 unspecified atom stereocenters. The van der Waals surface area contributed by atoms with E-state index in [4.69, 9.17) is 33.5 Å². The normalized spacial score (nSPS) is 27.2. The van der Waals surface area contributed by atoms with Crippen LogP contribution in [0.3, 0.4) is 0 Å². The number of methoxy groups -OCH3 is 1. The van der Waals surface area contributed by atoms with Crippen LogP contribution < -0.4 is 14.2 Å². The zero-order valence-electron chi connectivity index (χ0n) is 79.9. The van der Waals surface area contributed by atoms with Crippen molar-refractivity contribution >= 4 is 67.3 Å². The smallest absolute Gasteiger partial charge is 0.185 e. The van der Waals surface area contributed by atoms with Crippen molar-refractivity contribution < 1.29 is 75.7 Å². The third kappa shape index (κ3) is 32.6. The molecule has 0 amide bonds. The first-order chi connectivity index (χ1) is 63.6. The molecule has 2 heterocycles. The van der Waals surface area contributed by atoms with Crippen LogP contribution in [0.5, 0.6) is 17.2 Å². The standard InChI is InChI=1S/C27H24O2.C24H24O3.C23H32Si.C17H28Si.C15H24O.C11H16O2.3CH4.Ar.BH2NSi/c28-27(14-7-19-5-8-21-3-1-2-4-23(21)15-19)22-10-12-26(13-11-22)29-18-25-17-20-6-9-24(25)16-20;1-26-22-9-3-17(4-10-22)5-13-24(25)19-7-11-23(12-8-19)27-16-21-15-18-2-6-20(21)14-18;1-4-24(5-2,6-3)16-15-20-9-7-19(8-10-20)11-13-22-17-21-12-14-23(22)18-21;1-4-18(5-2,6-3)12-8-7-9-16-13-15-10-11-17(16)14-15;1(2-4-6-15-11-16-15)3-5-13-9-12-7-8-14(13)10-12;1-2-9-3-8(1)4-10(9)5-12-6-11-7-13-11;;;;;1-3-2/h1-15,20,24-25H,16-18H2;2-13,18,20-21H,14-16H2,1H3;7-10,12,14,21-23H,4-6,11,13,17-18H2,1-3H3;10-11,15-17H,4-7,9,13-14H2,1-3H3;7-8,12-15H,1-6,9-11H2;1-2,8-11H,3-7H2;3*1H4;;2-3H/b14-7+;13-5+;;;;;;;;;. The van der Waals surface area contributed by atoms with Crippen LogP contribution in [-0.4, -0.2) is 103 Å². The summed E-state index contributed by atoms with van der Waals surface area (Å²) in [5.41, 5.74) is 13.4. The van der Waals surface area contributed by atoms with Crippen LogP contribution in [0.1, 0.15) is 242 Å². The van der Waals surface area contributed by atoms with E-state index < -0.39 is 25.3 Å². The minimum atomic E-state index is -1.32. The van der Waals surface area contributed by atoms with Gasteiger partial charge in [0.2, 0.25) is 0 Å². The number of unbranched alkanes of at least 4 members (excludes halogenated alkanes) is 3. The summed E-state index contributed by atoms with van der Waals surface area (Å²) in [6.45, 7) is 19.2. The van der Waals surface area contributed by atoms with E-state index in [1.165, 1.54) is 193 Å². The molecule has 2 radical (unpaired) electrons. The third-order valence-electron chi connectivity index (χ3n) is 32.0. The number of epoxide rings is 2. The largest absolute Gasteiger partial charge is 0.497 e. The first-order valence-electron chi connectivity index (χ1n) is 50.9. The minimum absolute atomic E-state index is 0. The molecule has 12 bridgehead atoms. The Kier molecular flexibility index (Phi) is 45.3. The van der Waals surface area contributed by atoms with Gasteiger partial charge in [-0.1, -0.05) is 241 Å². The molecule has 2 aliphatic heterocycles. The van der Waals surface area contributed by atoms with E-state index in [2.05, 4.69) is 193 Å². The molecule has 12 aliphatic carbocycles. The fourth-order valence-corrected chi connectivity index (χ4v) is 28.0. The predicted molar refractivity (Wildman–Crippen MR) is 567 cm³/mol. The fourth-order valence-electron chi connectivity index (χ4n) is 23.1. The summed E-state index contributed by atoms with van der Waals surface area (Å²) in [6, 6.07) is 53.9. The van der Waals surface area contributed by atoms with Crippen LogP contribution in [0.2, 0.25) is 36.3 Å². The molecule has 6 aromatic rings. The topological polar surface area (TPSA) is 120 Å². The van der Waals surface area contributed by atoms with Gasteiger partial charge in [-0.25, -0.2) is 0 Å². The van der Waals surface area contributed by atoms with Crippen LogP contribution in [0.15, 0.2) is 225 Å². The fraction of sp³-hybridized carbons (Fsp3) is 0.533. The van der Waals surface area contributed by atoms with Crippen molar-refractivity contribution in [1.82, 2.24) is 0 Å². The Hall–Kier alpha value is -6.98. The number of rotatable bonds is 35. The Morgan fingerprint density at radius 1 is 0.425 bits per heavy atom. The molecule has 14 aliphatic rings. The van der Waals surface area contributed by atoms with Crippen molar-refractivity contribution in [2.75, 3.05) is 46.8 Å². The van der Waals surface area contributed by atoms with Gasteiger partial charge in [0.1, 0.15) is 46.9 Å². The number of allylic oxidation sites excluding steroid dienone is 14. The van der Waals surface area contributed by atoms with Gasteiger partial charge in [0, 0.05) is 70.0 Å². The average molecular weight is 1880 g/mol. The SMILES string of the molecule is C.C.C.C1=CC2CC1CC2CCCCCCC1CO1.C1=CC2CC1CC2COCC1CO1.CC[Si](C#CCCC1CC2C=CC1C2)(CC)CC.CC[Si](C#Cc1ccc(CCC2CC3C=CC2C3)cc1)(CC)CC.COc1ccc(/C=C/C(=O)c2ccc(OCC3CC4C=CC3C4)cc2)cc1.O=C(/C=C/c1ccc2ccccc2c1)c1ccc(OCC2CC3C=CC2C3)cc1.[Ar].[B][SiH]=N. The number of hydrogen-bond acceptors (Lipinski definition) is 9. The van der Waals surface area contributed by atoms with Gasteiger partial charge in [0.25, 0.3) is 0 Å². The number of aryl methyl sites for hydroxylation is 1. The molecule has 718 valence electrons. The second kappa shape index (κ2) is 55.7. The van der Waals surface area contributed by atoms with E-state index in [1.54, 1.807) is 19.3 Å². The zero-order valence-corrected chi connectivity index (χ0v) is 83.7. The van der Waals surface area contributed by atoms with E-state index in [0.717, 1.165) is 157 Å². The second-order valence-electron chi connectivity index (χ2n) is 40.3. The van der Waals surface area contributed by atoms with E-state index in [1.807, 2.05) is 103 Å². The van der Waals surface area contributed by atoms with Gasteiger partial charge in [0.05, 0.1) is 52.9 Å². The molecule has 6 saturated carbocycles. The van der Waals surface area contributed by atoms with Crippen molar-refractivity contribution in [2.24, 2.45) is 107 Å². The van der Waals surface area contributed by atoms with E-state index in [0.29, 0.717) is 47.0 Å². The molecule has 134 heavy (non-hydrogen) atoms. The second-order valence-corrected chi connectivity index (χ2v) is 50.5. The van der Waals surface area contributed by atoms with Crippen molar-refractivity contribution in [3.8, 4) is 40.2 Å². The maximum absolute atomic E-state index is 12.5. The summed E-state index contributed by atoms with van der Waals surface area (Å²) in [5, 5.41) is 8.45. The first-order valence-corrected chi connectivity index (χ1v) is 57.4. The quantitative estimate of drug-likeness (QED) is 0.00795. The summed E-state index contributed by atoms with van der Waals surface area (Å²) >= 11 is 0. The molecular formula is C120H162ArBNO8Si3. The number of ketones is 2. The number of fused-ring (bicyclic) bond motifs is 13. The molecule has 0 spiro atoms. The Morgan fingerprint density at radius 2 is 0.813 bits per heavy atom. The average Bonchev–Trinajstić information content (AvgIpc) is 1.66. The van der Waals surface area contributed by atoms with Crippen molar-refractivity contribution in [3.63, 3.8) is 0 Å². The van der Waals surface area contributed by atoms with Crippen LogP contribution in [-0.2, 0) is 20.6 Å². The van der Waals surface area contributed by atoms with Gasteiger partial charge in [-0.15, -0.1) is 17.0 Å². The Labute approximate surface area is 845 Å². The van der Waals surface area contributed by atoms with Crippen LogP contribution in [0.25, 0.3) is 22.9 Å². The summed E-state index contributed by atoms with van der Waals surface area (Å²) < 4.78 is 33.0. The van der Waals surface area contributed by atoms with Gasteiger partial charge in [-0.2, -0.15) is 0 Å². The summed E-state index contributed by atoms with van der Waals surface area (Å²) in [6.07, 6.45) is 67.1. The zero-order chi connectivity index (χ0) is 90.4.